The zero-order chi connectivity index (χ0) is 24.1. The summed E-state index contributed by atoms with van der Waals surface area (Å²) in [7, 11) is 0. The Labute approximate surface area is 216 Å². The van der Waals surface area contributed by atoms with Crippen LogP contribution in [0.25, 0.3) is 0 Å². The van der Waals surface area contributed by atoms with Crippen molar-refractivity contribution in [3.8, 4) is 5.75 Å². The van der Waals surface area contributed by atoms with Crippen LogP contribution in [0.15, 0.2) is 42.5 Å². The summed E-state index contributed by atoms with van der Waals surface area (Å²) in [5.41, 5.74) is 0.893. The van der Waals surface area contributed by atoms with E-state index in [4.69, 9.17) is 39.5 Å². The van der Waals surface area contributed by atoms with Crippen molar-refractivity contribution in [1.82, 2.24) is 9.80 Å². The summed E-state index contributed by atoms with van der Waals surface area (Å²) >= 11 is 18.4. The lowest BCUT2D eigenvalue weighted by molar-refractivity contribution is -0.144. The van der Waals surface area contributed by atoms with Gasteiger partial charge in [-0.2, -0.15) is 0 Å². The smallest absolute Gasteiger partial charge is 0.321 e. The lowest BCUT2D eigenvalue weighted by Gasteiger charge is -2.39. The molecule has 0 spiro atoms. The molecular formula is C26H31Cl3N2O3. The first kappa shape index (κ1) is 25.6. The van der Waals surface area contributed by atoms with E-state index in [9.17, 15) is 9.90 Å². The number of ether oxygens (including phenoxy) is 1. The molecule has 184 valence electrons. The number of carbonyl (C=O) groups is 1. The average molecular weight is 526 g/mol. The number of nitrogens with zero attached hydrogens (tertiary/aromatic N) is 2. The van der Waals surface area contributed by atoms with Crippen molar-refractivity contribution in [1.29, 1.82) is 0 Å². The largest absolute Gasteiger partial charge is 0.490 e. The molecule has 2 aliphatic rings. The molecule has 2 fully saturated rings. The Morgan fingerprint density at radius 3 is 2.29 bits per heavy atom. The van der Waals surface area contributed by atoms with Crippen molar-refractivity contribution < 1.29 is 14.6 Å². The molecule has 0 bridgehead atoms. The van der Waals surface area contributed by atoms with Gasteiger partial charge < -0.3 is 14.7 Å². The highest BCUT2D eigenvalue weighted by molar-refractivity contribution is 6.42. The maximum absolute atomic E-state index is 12.0. The Bertz CT molecular complexity index is 974. The Kier molecular flexibility index (Phi) is 9.00. The van der Waals surface area contributed by atoms with E-state index >= 15 is 0 Å². The van der Waals surface area contributed by atoms with E-state index in [0.717, 1.165) is 69.7 Å². The summed E-state index contributed by atoms with van der Waals surface area (Å²) in [6.07, 6.45) is 4.64. The van der Waals surface area contributed by atoms with Gasteiger partial charge in [-0.15, -0.1) is 0 Å². The first-order chi connectivity index (χ1) is 16.4. The molecule has 2 saturated heterocycles. The van der Waals surface area contributed by atoms with Crippen LogP contribution in [0.2, 0.25) is 15.1 Å². The third-order valence-electron chi connectivity index (χ3n) is 6.99. The van der Waals surface area contributed by atoms with Crippen LogP contribution in [0.1, 0.15) is 31.2 Å². The summed E-state index contributed by atoms with van der Waals surface area (Å²) in [4.78, 5) is 16.6. The van der Waals surface area contributed by atoms with Gasteiger partial charge in [-0.05, 0) is 68.5 Å². The molecule has 8 heteroatoms. The fourth-order valence-corrected chi connectivity index (χ4v) is 5.51. The molecule has 34 heavy (non-hydrogen) atoms. The molecule has 0 unspecified atom stereocenters. The molecule has 1 atom stereocenters. The standard InChI is InChI=1S/C26H31Cl3N2O3/c27-22-4-2-1-3-19(22)15-25(26(32)33)31-13-7-18(8-14-31)17-30-11-9-20(10-12-30)34-21-5-6-23(28)24(29)16-21/h1-6,16,18,20,25H,7-15,17H2,(H,32,33)/t25-/m0/s1. The van der Waals surface area contributed by atoms with Crippen LogP contribution >= 0.6 is 34.8 Å². The van der Waals surface area contributed by atoms with Gasteiger partial charge >= 0.3 is 5.97 Å². The number of carboxylic acid groups (broad SMARTS) is 1. The van der Waals surface area contributed by atoms with Crippen LogP contribution in [0.4, 0.5) is 0 Å². The van der Waals surface area contributed by atoms with Gasteiger partial charge in [0.05, 0.1) is 10.0 Å². The lowest BCUT2D eigenvalue weighted by atomic mass is 9.93. The first-order valence-corrected chi connectivity index (χ1v) is 13.1. The maximum atomic E-state index is 12.0. The number of aliphatic carboxylic acids is 1. The molecule has 1 N–H and O–H groups in total. The number of halogens is 3. The molecule has 2 aliphatic heterocycles. The Hall–Kier alpha value is -1.50. The minimum Gasteiger partial charge on any atom is -0.490 e. The van der Waals surface area contributed by atoms with Crippen molar-refractivity contribution in [2.45, 2.75) is 44.2 Å². The Balaban J connectivity index is 1.21. The maximum Gasteiger partial charge on any atom is 0.321 e. The summed E-state index contributed by atoms with van der Waals surface area (Å²) in [6.45, 7) is 4.70. The summed E-state index contributed by atoms with van der Waals surface area (Å²) < 4.78 is 6.11. The molecule has 2 aromatic carbocycles. The fourth-order valence-electron chi connectivity index (χ4n) is 5.01. The minimum absolute atomic E-state index is 0.191. The molecule has 2 aromatic rings. The number of rotatable bonds is 8. The van der Waals surface area contributed by atoms with E-state index in [2.05, 4.69) is 9.80 Å². The molecule has 0 saturated carbocycles. The summed E-state index contributed by atoms with van der Waals surface area (Å²) in [5.74, 6) is 0.589. The van der Waals surface area contributed by atoms with E-state index in [-0.39, 0.29) is 6.10 Å². The average Bonchev–Trinajstić information content (AvgIpc) is 2.83. The molecule has 5 nitrogen and oxygen atoms in total. The molecule has 0 radical (unpaired) electrons. The van der Waals surface area contributed by atoms with Gasteiger partial charge in [-0.25, -0.2) is 0 Å². The van der Waals surface area contributed by atoms with Gasteiger partial charge in [0.2, 0.25) is 0 Å². The second-order valence-electron chi connectivity index (χ2n) is 9.32. The Morgan fingerprint density at radius 2 is 1.65 bits per heavy atom. The SMILES string of the molecule is O=C(O)[C@H](Cc1ccccc1Cl)N1CCC(CN2CCC(Oc3ccc(Cl)c(Cl)c3)CC2)CC1. The van der Waals surface area contributed by atoms with E-state index in [1.54, 1.807) is 12.1 Å². The predicted molar refractivity (Wildman–Crippen MR) is 137 cm³/mol. The zero-order valence-electron chi connectivity index (χ0n) is 19.1. The van der Waals surface area contributed by atoms with Crippen LogP contribution in [-0.2, 0) is 11.2 Å². The van der Waals surface area contributed by atoms with E-state index in [0.29, 0.717) is 27.4 Å². The van der Waals surface area contributed by atoms with Gasteiger partial charge in [0.15, 0.2) is 0 Å². The van der Waals surface area contributed by atoms with Crippen molar-refractivity contribution in [3.05, 3.63) is 63.1 Å². The molecule has 4 rings (SSSR count). The van der Waals surface area contributed by atoms with Crippen LogP contribution in [0.5, 0.6) is 5.75 Å². The topological polar surface area (TPSA) is 53.0 Å². The molecule has 0 amide bonds. The summed E-state index contributed by atoms with van der Waals surface area (Å²) in [6, 6.07) is 12.4. The third-order valence-corrected chi connectivity index (χ3v) is 8.10. The number of hydrogen-bond donors (Lipinski definition) is 1. The van der Waals surface area contributed by atoms with E-state index in [1.165, 1.54) is 0 Å². The fraction of sp³-hybridized carbons (Fsp3) is 0.500. The molecular weight excluding hydrogens is 495 g/mol. The highest BCUT2D eigenvalue weighted by atomic mass is 35.5. The monoisotopic (exact) mass is 524 g/mol. The minimum atomic E-state index is -0.776. The first-order valence-electron chi connectivity index (χ1n) is 11.9. The van der Waals surface area contributed by atoms with Crippen molar-refractivity contribution in [2.24, 2.45) is 5.92 Å². The second kappa shape index (κ2) is 12.0. The summed E-state index contributed by atoms with van der Waals surface area (Å²) in [5, 5.41) is 11.5. The highest BCUT2D eigenvalue weighted by Crippen LogP contribution is 2.29. The number of hydrogen-bond acceptors (Lipinski definition) is 4. The van der Waals surface area contributed by atoms with Gasteiger partial charge in [-0.3, -0.25) is 9.69 Å². The quantitative estimate of drug-likeness (QED) is 0.465. The van der Waals surface area contributed by atoms with Crippen LogP contribution in [0.3, 0.4) is 0 Å². The van der Waals surface area contributed by atoms with Crippen LogP contribution in [0, 0.1) is 5.92 Å². The van der Waals surface area contributed by atoms with E-state index in [1.807, 2.05) is 30.3 Å². The van der Waals surface area contributed by atoms with Crippen molar-refractivity contribution >= 4 is 40.8 Å². The van der Waals surface area contributed by atoms with Crippen LogP contribution < -0.4 is 4.74 Å². The van der Waals surface area contributed by atoms with Gasteiger partial charge in [0, 0.05) is 37.1 Å². The second-order valence-corrected chi connectivity index (χ2v) is 10.5. The number of likely N-dealkylation sites (tertiary alicyclic amines) is 2. The predicted octanol–water partition coefficient (Wildman–Crippen LogP) is 5.90. The van der Waals surface area contributed by atoms with Gasteiger partial charge in [0.25, 0.3) is 0 Å². The highest BCUT2D eigenvalue weighted by Gasteiger charge is 2.31. The number of benzene rings is 2. The Morgan fingerprint density at radius 1 is 0.941 bits per heavy atom. The third kappa shape index (κ3) is 6.79. The zero-order valence-corrected chi connectivity index (χ0v) is 21.4. The molecule has 0 aromatic heterocycles. The molecule has 0 aliphatic carbocycles. The number of carboxylic acids is 1. The van der Waals surface area contributed by atoms with Crippen LogP contribution in [-0.4, -0.2) is 65.7 Å². The van der Waals surface area contributed by atoms with Gasteiger partial charge in [-0.1, -0.05) is 53.0 Å². The van der Waals surface area contributed by atoms with Crippen molar-refractivity contribution in [2.75, 3.05) is 32.7 Å². The normalized spacial score (nSPS) is 19.7. The van der Waals surface area contributed by atoms with Gasteiger partial charge in [0.1, 0.15) is 17.9 Å². The molecule has 2 heterocycles. The van der Waals surface area contributed by atoms with E-state index < -0.39 is 12.0 Å². The van der Waals surface area contributed by atoms with Crippen molar-refractivity contribution in [3.63, 3.8) is 0 Å². The number of piperidine rings is 2. The lowest BCUT2D eigenvalue weighted by Crippen LogP contribution is -2.48.